The van der Waals surface area contributed by atoms with Crippen molar-refractivity contribution in [3.8, 4) is 0 Å². The average molecular weight is 465 g/mol. The van der Waals surface area contributed by atoms with E-state index in [2.05, 4.69) is 15.9 Å². The van der Waals surface area contributed by atoms with Gasteiger partial charge in [0.2, 0.25) is 0 Å². The Hall–Kier alpha value is 0.150. The Morgan fingerprint density at radius 2 is 1.74 bits per heavy atom. The number of hydrogen-bond acceptors (Lipinski definition) is 4. The van der Waals surface area contributed by atoms with E-state index in [-0.39, 0.29) is 17.1 Å². The van der Waals surface area contributed by atoms with E-state index >= 15 is 0 Å². The van der Waals surface area contributed by atoms with Gasteiger partial charge in [-0.3, -0.25) is 8.98 Å². The number of ketones is 1. The molecule has 1 aliphatic rings. The number of rotatable bonds is 4. The van der Waals surface area contributed by atoms with E-state index in [1.165, 1.54) is 12.1 Å². The van der Waals surface area contributed by atoms with Crippen molar-refractivity contribution in [1.82, 2.24) is 0 Å². The van der Waals surface area contributed by atoms with E-state index in [1.807, 2.05) is 0 Å². The Morgan fingerprint density at radius 3 is 2.22 bits per heavy atom. The van der Waals surface area contributed by atoms with E-state index in [0.717, 1.165) is 4.47 Å². The molecule has 1 saturated carbocycles. The number of alkyl halides is 3. The van der Waals surface area contributed by atoms with Gasteiger partial charge in [-0.15, -0.1) is 0 Å². The van der Waals surface area contributed by atoms with Crippen molar-refractivity contribution in [1.29, 1.82) is 0 Å². The minimum absolute atomic E-state index is 0.0247. The van der Waals surface area contributed by atoms with Gasteiger partial charge >= 0.3 is 0 Å². The fraction of sp³-hybridized carbons (Fsp3) is 0.500. The van der Waals surface area contributed by atoms with Crippen molar-refractivity contribution in [2.24, 2.45) is 11.3 Å². The zero-order valence-corrected chi connectivity index (χ0v) is 16.9. The smallest absolute Gasteiger partial charge is 0.296 e. The van der Waals surface area contributed by atoms with Gasteiger partial charge in [-0.25, -0.2) is 0 Å². The molecule has 1 fully saturated rings. The van der Waals surface area contributed by atoms with Gasteiger partial charge < -0.3 is 0 Å². The van der Waals surface area contributed by atoms with E-state index < -0.39 is 31.3 Å². The van der Waals surface area contributed by atoms with Gasteiger partial charge in [0, 0.05) is 22.2 Å². The van der Waals surface area contributed by atoms with Crippen LogP contribution in [0.25, 0.3) is 0 Å². The molecule has 23 heavy (non-hydrogen) atoms. The molecule has 1 aliphatic carbocycles. The standard InChI is InChI=1S/C14H14BrCl3O4S/c1-13(2)10(7-14(16,17)18)11(12(13)19)22-23(20,21)9-5-3-8(15)4-6-9/h3-6,10-11H,7H2,1-2H3. The predicted molar refractivity (Wildman–Crippen MR) is 93.4 cm³/mol. The van der Waals surface area contributed by atoms with E-state index in [9.17, 15) is 13.2 Å². The van der Waals surface area contributed by atoms with Crippen LogP contribution >= 0.6 is 50.7 Å². The molecule has 9 heteroatoms. The summed E-state index contributed by atoms with van der Waals surface area (Å²) in [6, 6.07) is 5.92. The SMILES string of the molecule is CC1(C)C(=O)C(OS(=O)(=O)c2ccc(Br)cc2)C1CC(Cl)(Cl)Cl. The molecule has 0 aliphatic heterocycles. The van der Waals surface area contributed by atoms with E-state index in [0.29, 0.717) is 0 Å². The van der Waals surface area contributed by atoms with Crippen molar-refractivity contribution in [2.45, 2.75) is 35.1 Å². The average Bonchev–Trinajstić information content (AvgIpc) is 2.42. The first kappa shape index (κ1) is 19.5. The highest BCUT2D eigenvalue weighted by molar-refractivity contribution is 9.10. The highest BCUT2D eigenvalue weighted by Gasteiger charge is 2.59. The van der Waals surface area contributed by atoms with Crippen molar-refractivity contribution < 1.29 is 17.4 Å². The molecule has 0 N–H and O–H groups in total. The lowest BCUT2D eigenvalue weighted by atomic mass is 9.58. The van der Waals surface area contributed by atoms with Gasteiger partial charge in [0.05, 0.1) is 4.90 Å². The molecule has 0 aromatic heterocycles. The maximum atomic E-state index is 12.3. The van der Waals surface area contributed by atoms with Crippen molar-refractivity contribution in [3.05, 3.63) is 28.7 Å². The Balaban J connectivity index is 2.23. The second-order valence-corrected chi connectivity index (χ2v) is 10.9. The topological polar surface area (TPSA) is 60.4 Å². The summed E-state index contributed by atoms with van der Waals surface area (Å²) in [6.45, 7) is 3.37. The summed E-state index contributed by atoms with van der Waals surface area (Å²) in [5.41, 5.74) is -0.802. The third-order valence-corrected chi connectivity index (χ3v) is 6.27. The van der Waals surface area contributed by atoms with Crippen LogP contribution in [-0.2, 0) is 19.1 Å². The molecule has 1 aromatic rings. The summed E-state index contributed by atoms with van der Waals surface area (Å²) in [5, 5.41) is 0. The van der Waals surface area contributed by atoms with Crippen LogP contribution in [0.15, 0.2) is 33.6 Å². The fourth-order valence-corrected chi connectivity index (χ4v) is 4.37. The second-order valence-electron chi connectivity index (χ2n) is 5.94. The van der Waals surface area contributed by atoms with Crippen LogP contribution in [0, 0.1) is 11.3 Å². The molecule has 0 spiro atoms. The summed E-state index contributed by atoms with van der Waals surface area (Å²) >= 11 is 20.6. The number of Topliss-reactive ketones (excluding diaryl/α,β-unsaturated/α-hetero) is 1. The van der Waals surface area contributed by atoms with Crippen LogP contribution in [0.1, 0.15) is 20.3 Å². The quantitative estimate of drug-likeness (QED) is 0.486. The molecule has 0 radical (unpaired) electrons. The number of carbonyl (C=O) groups excluding carboxylic acids is 1. The van der Waals surface area contributed by atoms with E-state index in [4.69, 9.17) is 39.0 Å². The van der Waals surface area contributed by atoms with Gasteiger partial charge in [0.1, 0.15) is 6.10 Å². The molecular formula is C14H14BrCl3O4S. The molecule has 4 nitrogen and oxygen atoms in total. The monoisotopic (exact) mass is 462 g/mol. The summed E-state index contributed by atoms with van der Waals surface area (Å²) in [4.78, 5) is 12.2. The number of halogens is 4. The molecule has 2 rings (SSSR count). The summed E-state index contributed by atoms with van der Waals surface area (Å²) in [6.07, 6.45) is -1.12. The van der Waals surface area contributed by atoms with Crippen LogP contribution in [-0.4, -0.2) is 24.1 Å². The lowest BCUT2D eigenvalue weighted by Crippen LogP contribution is -2.60. The normalized spacial score (nSPS) is 24.3. The molecule has 0 heterocycles. The van der Waals surface area contributed by atoms with Crippen LogP contribution in [0.2, 0.25) is 0 Å². The first-order valence-corrected chi connectivity index (χ1v) is 9.98. The second kappa shape index (κ2) is 6.46. The van der Waals surface area contributed by atoms with Crippen LogP contribution in [0.4, 0.5) is 0 Å². The van der Waals surface area contributed by atoms with E-state index in [1.54, 1.807) is 26.0 Å². The molecule has 128 valence electrons. The van der Waals surface area contributed by atoms with Gasteiger partial charge in [-0.1, -0.05) is 64.6 Å². The zero-order valence-electron chi connectivity index (χ0n) is 12.2. The van der Waals surface area contributed by atoms with Crippen LogP contribution in [0.3, 0.4) is 0 Å². The third kappa shape index (κ3) is 4.22. The summed E-state index contributed by atoms with van der Waals surface area (Å²) < 4.78 is 28.9. The minimum atomic E-state index is -4.08. The van der Waals surface area contributed by atoms with Gasteiger partial charge in [0.15, 0.2) is 9.58 Å². The minimum Gasteiger partial charge on any atom is -0.296 e. The Bertz CT molecular complexity index is 711. The molecular weight excluding hydrogens is 450 g/mol. The van der Waals surface area contributed by atoms with Crippen LogP contribution in [0.5, 0.6) is 0 Å². The van der Waals surface area contributed by atoms with Gasteiger partial charge in [-0.05, 0) is 24.3 Å². The molecule has 1 aromatic carbocycles. The Labute approximate surface area is 158 Å². The highest BCUT2D eigenvalue weighted by Crippen LogP contribution is 2.51. The first-order chi connectivity index (χ1) is 10.3. The van der Waals surface area contributed by atoms with Crippen molar-refractivity contribution in [2.75, 3.05) is 0 Å². The molecule has 2 unspecified atom stereocenters. The number of hydrogen-bond donors (Lipinski definition) is 0. The summed E-state index contributed by atoms with van der Waals surface area (Å²) in [5.74, 6) is -0.829. The van der Waals surface area contributed by atoms with Crippen molar-refractivity contribution in [3.63, 3.8) is 0 Å². The maximum Gasteiger partial charge on any atom is 0.297 e. The summed E-state index contributed by atoms with van der Waals surface area (Å²) in [7, 11) is -4.08. The van der Waals surface area contributed by atoms with Crippen LogP contribution < -0.4 is 0 Å². The third-order valence-electron chi connectivity index (χ3n) is 3.97. The van der Waals surface area contributed by atoms with Gasteiger partial charge in [0.25, 0.3) is 10.1 Å². The molecule has 0 bridgehead atoms. The lowest BCUT2D eigenvalue weighted by Gasteiger charge is -2.49. The Kier molecular flexibility index (Phi) is 5.47. The largest absolute Gasteiger partial charge is 0.297 e. The van der Waals surface area contributed by atoms with Gasteiger partial charge in [-0.2, -0.15) is 8.42 Å². The lowest BCUT2D eigenvalue weighted by molar-refractivity contribution is -0.161. The van der Waals surface area contributed by atoms with Crippen molar-refractivity contribution >= 4 is 66.6 Å². The highest BCUT2D eigenvalue weighted by atomic mass is 79.9. The predicted octanol–water partition coefficient (Wildman–Crippen LogP) is 4.51. The Morgan fingerprint density at radius 1 is 1.22 bits per heavy atom. The molecule has 0 saturated heterocycles. The fourth-order valence-electron chi connectivity index (χ4n) is 2.53. The number of carbonyl (C=O) groups is 1. The zero-order chi connectivity index (χ0) is 17.6. The number of benzene rings is 1. The molecule has 0 amide bonds. The molecule has 2 atom stereocenters. The first-order valence-electron chi connectivity index (χ1n) is 6.64. The maximum absolute atomic E-state index is 12.3.